The van der Waals surface area contributed by atoms with Gasteiger partial charge in [0, 0.05) is 21.3 Å². The molecule has 2 atom stereocenters. The molecule has 1 N–H and O–H groups in total. The van der Waals surface area contributed by atoms with Gasteiger partial charge in [-0.1, -0.05) is 58.4 Å². The molecule has 126 valence electrons. The van der Waals surface area contributed by atoms with Gasteiger partial charge in [0.25, 0.3) is 0 Å². The maximum atomic E-state index is 6.44. The van der Waals surface area contributed by atoms with Crippen molar-refractivity contribution in [2.45, 2.75) is 12.3 Å². The Morgan fingerprint density at radius 1 is 0.920 bits per heavy atom. The van der Waals surface area contributed by atoms with Crippen molar-refractivity contribution < 1.29 is 9.47 Å². The van der Waals surface area contributed by atoms with Gasteiger partial charge in [-0.3, -0.25) is 0 Å². The lowest BCUT2D eigenvalue weighted by Gasteiger charge is -2.34. The van der Waals surface area contributed by atoms with E-state index in [1.165, 1.54) is 0 Å². The fourth-order valence-corrected chi connectivity index (χ4v) is 3.47. The van der Waals surface area contributed by atoms with Gasteiger partial charge >= 0.3 is 0 Å². The second-order valence-electron chi connectivity index (χ2n) is 5.96. The van der Waals surface area contributed by atoms with E-state index in [-0.39, 0.29) is 12.3 Å². The summed E-state index contributed by atoms with van der Waals surface area (Å²) >= 11 is 3.57. The van der Waals surface area contributed by atoms with Gasteiger partial charge in [-0.2, -0.15) is 0 Å². The van der Waals surface area contributed by atoms with Crippen molar-refractivity contribution >= 4 is 21.6 Å². The summed E-state index contributed by atoms with van der Waals surface area (Å²) in [6.45, 7) is 0. The third kappa shape index (κ3) is 3.28. The first-order valence-corrected chi connectivity index (χ1v) is 8.94. The summed E-state index contributed by atoms with van der Waals surface area (Å²) in [4.78, 5) is 0. The zero-order chi connectivity index (χ0) is 17.2. The van der Waals surface area contributed by atoms with Crippen LogP contribution in [0, 0.1) is 0 Å². The van der Waals surface area contributed by atoms with Crippen LogP contribution in [0.15, 0.2) is 77.3 Å². The summed E-state index contributed by atoms with van der Waals surface area (Å²) in [6.07, 6.45) is -0.341. The standard InChI is InChI=1S/C21H18BrNO2/c1-24-17-10-7-15(8-11-17)21-23-19-12-9-16(22)13-18(19)20(25-21)14-5-3-2-4-6-14/h2-13,20-21,23H,1H3/t20-,21-/m0/s1. The van der Waals surface area contributed by atoms with Crippen LogP contribution in [-0.2, 0) is 4.74 Å². The smallest absolute Gasteiger partial charge is 0.155 e. The Hall–Kier alpha value is -2.30. The normalized spacial score (nSPS) is 19.0. The first-order valence-electron chi connectivity index (χ1n) is 8.15. The molecule has 0 aromatic heterocycles. The molecule has 0 saturated heterocycles. The van der Waals surface area contributed by atoms with Crippen LogP contribution >= 0.6 is 15.9 Å². The number of halogens is 1. The highest BCUT2D eigenvalue weighted by Gasteiger charge is 2.29. The molecule has 0 saturated carbocycles. The Morgan fingerprint density at radius 2 is 1.68 bits per heavy atom. The fourth-order valence-electron chi connectivity index (χ4n) is 3.09. The maximum absolute atomic E-state index is 6.44. The van der Waals surface area contributed by atoms with Crippen LogP contribution in [-0.4, -0.2) is 7.11 Å². The maximum Gasteiger partial charge on any atom is 0.155 e. The number of methoxy groups -OCH3 is 1. The van der Waals surface area contributed by atoms with E-state index < -0.39 is 0 Å². The van der Waals surface area contributed by atoms with Gasteiger partial charge in [0.05, 0.1) is 7.11 Å². The predicted octanol–water partition coefficient (Wildman–Crippen LogP) is 5.69. The summed E-state index contributed by atoms with van der Waals surface area (Å²) in [6, 6.07) is 24.5. The van der Waals surface area contributed by atoms with E-state index in [9.17, 15) is 0 Å². The van der Waals surface area contributed by atoms with Gasteiger partial charge in [-0.05, 0) is 35.9 Å². The zero-order valence-electron chi connectivity index (χ0n) is 13.8. The molecule has 3 nitrogen and oxygen atoms in total. The number of ether oxygens (including phenoxy) is 2. The van der Waals surface area contributed by atoms with Crippen LogP contribution in [0.1, 0.15) is 29.0 Å². The molecule has 1 aliphatic heterocycles. The average molecular weight is 396 g/mol. The van der Waals surface area contributed by atoms with Crippen LogP contribution in [0.2, 0.25) is 0 Å². The summed E-state index contributed by atoms with van der Waals surface area (Å²) in [7, 11) is 1.67. The lowest BCUT2D eigenvalue weighted by molar-refractivity contribution is 0.0157. The van der Waals surface area contributed by atoms with Crippen LogP contribution in [0.25, 0.3) is 0 Å². The van der Waals surface area contributed by atoms with Crippen LogP contribution in [0.3, 0.4) is 0 Å². The number of hydrogen-bond acceptors (Lipinski definition) is 3. The Bertz CT molecular complexity index is 865. The zero-order valence-corrected chi connectivity index (χ0v) is 15.4. The molecule has 0 aliphatic carbocycles. The molecule has 0 amide bonds. The van der Waals surface area contributed by atoms with E-state index in [1.54, 1.807) is 7.11 Å². The Labute approximate surface area is 155 Å². The number of rotatable bonds is 3. The van der Waals surface area contributed by atoms with E-state index in [1.807, 2.05) is 48.5 Å². The molecule has 0 fully saturated rings. The highest BCUT2D eigenvalue weighted by atomic mass is 79.9. The lowest BCUT2D eigenvalue weighted by atomic mass is 9.97. The Kier molecular flexibility index (Phi) is 4.47. The summed E-state index contributed by atoms with van der Waals surface area (Å²) in [5.74, 6) is 0.837. The summed E-state index contributed by atoms with van der Waals surface area (Å²) in [5, 5.41) is 3.49. The van der Waals surface area contributed by atoms with E-state index in [4.69, 9.17) is 9.47 Å². The topological polar surface area (TPSA) is 30.5 Å². The van der Waals surface area contributed by atoms with Gasteiger partial charge < -0.3 is 14.8 Å². The largest absolute Gasteiger partial charge is 0.497 e. The molecular formula is C21H18BrNO2. The van der Waals surface area contributed by atoms with Crippen molar-refractivity contribution in [3.05, 3.63) is 94.0 Å². The Balaban J connectivity index is 1.74. The molecule has 4 heteroatoms. The molecule has 3 aromatic carbocycles. The molecule has 25 heavy (non-hydrogen) atoms. The molecule has 0 spiro atoms. The number of fused-ring (bicyclic) bond motifs is 1. The molecule has 3 aromatic rings. The first-order chi connectivity index (χ1) is 12.2. The SMILES string of the molecule is COc1ccc([C@H]2Nc3ccc(Br)cc3[C@H](c3ccccc3)O2)cc1. The third-order valence-corrected chi connectivity index (χ3v) is 4.87. The van der Waals surface area contributed by atoms with Gasteiger partial charge in [-0.25, -0.2) is 0 Å². The predicted molar refractivity (Wildman–Crippen MR) is 103 cm³/mol. The number of anilines is 1. The van der Waals surface area contributed by atoms with Crippen LogP contribution in [0.5, 0.6) is 5.75 Å². The Morgan fingerprint density at radius 3 is 2.40 bits per heavy atom. The van der Waals surface area contributed by atoms with Gasteiger partial charge in [0.15, 0.2) is 6.23 Å². The van der Waals surface area contributed by atoms with Gasteiger partial charge in [0.2, 0.25) is 0 Å². The minimum absolute atomic E-state index is 0.123. The lowest BCUT2D eigenvalue weighted by Crippen LogP contribution is -2.25. The molecule has 0 unspecified atom stereocenters. The monoisotopic (exact) mass is 395 g/mol. The highest BCUT2D eigenvalue weighted by Crippen LogP contribution is 2.42. The minimum atomic E-state index is -0.218. The fraction of sp³-hybridized carbons (Fsp3) is 0.143. The van der Waals surface area contributed by atoms with Crippen molar-refractivity contribution in [2.75, 3.05) is 12.4 Å². The van der Waals surface area contributed by atoms with Crippen LogP contribution < -0.4 is 10.1 Å². The molecule has 1 aliphatic rings. The number of hydrogen-bond donors (Lipinski definition) is 1. The molecular weight excluding hydrogens is 378 g/mol. The summed E-state index contributed by atoms with van der Waals surface area (Å²) in [5.41, 5.74) is 4.42. The number of benzene rings is 3. The van der Waals surface area contributed by atoms with E-state index in [0.717, 1.165) is 32.6 Å². The second-order valence-corrected chi connectivity index (χ2v) is 6.87. The van der Waals surface area contributed by atoms with Gasteiger partial charge in [0.1, 0.15) is 11.9 Å². The molecule has 0 radical (unpaired) electrons. The first kappa shape index (κ1) is 16.2. The van der Waals surface area contributed by atoms with E-state index >= 15 is 0 Å². The number of nitrogens with one attached hydrogen (secondary N) is 1. The highest BCUT2D eigenvalue weighted by molar-refractivity contribution is 9.10. The van der Waals surface area contributed by atoms with Crippen molar-refractivity contribution in [3.63, 3.8) is 0 Å². The van der Waals surface area contributed by atoms with Crippen molar-refractivity contribution in [2.24, 2.45) is 0 Å². The molecule has 0 bridgehead atoms. The van der Waals surface area contributed by atoms with Crippen molar-refractivity contribution in [1.29, 1.82) is 0 Å². The quantitative estimate of drug-likeness (QED) is 0.617. The van der Waals surface area contributed by atoms with Crippen molar-refractivity contribution in [1.82, 2.24) is 0 Å². The molecule has 1 heterocycles. The van der Waals surface area contributed by atoms with E-state index in [2.05, 4.69) is 45.5 Å². The van der Waals surface area contributed by atoms with Crippen LogP contribution in [0.4, 0.5) is 5.69 Å². The second kappa shape index (κ2) is 6.90. The summed E-state index contributed by atoms with van der Waals surface area (Å²) < 4.78 is 12.7. The van der Waals surface area contributed by atoms with E-state index in [0.29, 0.717) is 0 Å². The van der Waals surface area contributed by atoms with Gasteiger partial charge in [-0.15, -0.1) is 0 Å². The molecule has 4 rings (SSSR count). The third-order valence-electron chi connectivity index (χ3n) is 4.38. The average Bonchev–Trinajstić information content (AvgIpc) is 2.68. The minimum Gasteiger partial charge on any atom is -0.497 e. The van der Waals surface area contributed by atoms with Crippen molar-refractivity contribution in [3.8, 4) is 5.75 Å².